The van der Waals surface area contributed by atoms with Gasteiger partial charge in [-0.2, -0.15) is 0 Å². The second kappa shape index (κ2) is 19.9. The van der Waals surface area contributed by atoms with Crippen molar-refractivity contribution in [1.82, 2.24) is 0 Å². The summed E-state index contributed by atoms with van der Waals surface area (Å²) in [6, 6.07) is 0. The van der Waals surface area contributed by atoms with Crippen LogP contribution in [0.15, 0.2) is 24.3 Å². The van der Waals surface area contributed by atoms with Gasteiger partial charge in [0.25, 0.3) is 0 Å². The predicted molar refractivity (Wildman–Crippen MR) is 140 cm³/mol. The molecule has 0 aromatic heterocycles. The summed E-state index contributed by atoms with van der Waals surface area (Å²) in [5, 5.41) is 0. The van der Waals surface area contributed by atoms with Crippen LogP contribution in [0.5, 0.6) is 0 Å². The molecule has 0 aliphatic heterocycles. The van der Waals surface area contributed by atoms with Gasteiger partial charge in [0.05, 0.1) is 0 Å². The molecule has 0 aromatic carbocycles. The van der Waals surface area contributed by atoms with Crippen molar-refractivity contribution >= 4 is 29.1 Å². The van der Waals surface area contributed by atoms with Gasteiger partial charge in [0.2, 0.25) is 0 Å². The van der Waals surface area contributed by atoms with E-state index in [-0.39, 0.29) is 18.4 Å². The maximum absolute atomic E-state index is 11.4. The average molecular weight is 521 g/mol. The molecule has 0 radical (unpaired) electrons. The molecule has 10 heteroatoms. The van der Waals surface area contributed by atoms with Crippen LogP contribution in [0.2, 0.25) is 13.1 Å². The molecule has 0 heterocycles. The van der Waals surface area contributed by atoms with Crippen LogP contribution >= 0.6 is 0 Å². The monoisotopic (exact) mass is 520 g/mol. The van der Waals surface area contributed by atoms with Crippen LogP contribution in [-0.4, -0.2) is 67.9 Å². The summed E-state index contributed by atoms with van der Waals surface area (Å²) in [4.78, 5) is 22.6. The molecule has 0 aliphatic rings. The molecular formula is C24H48O8Si2. The number of hydrogen-bond donors (Lipinski definition) is 0. The number of carbonyl (C=O) groups is 2. The van der Waals surface area contributed by atoms with Crippen LogP contribution in [0, 0.1) is 0 Å². The third-order valence-electron chi connectivity index (χ3n) is 4.34. The number of carbonyl (C=O) groups excluding carboxylic acids is 2. The SMILES string of the molecule is C=C(C)C(=O)OC[Si](C)(OCC)OCC.C=C(C)C(=O)OC[Si](C)(OCCCC)OCCCC. The van der Waals surface area contributed by atoms with E-state index in [0.29, 0.717) is 37.6 Å². The molecular weight excluding hydrogens is 472 g/mol. The van der Waals surface area contributed by atoms with Gasteiger partial charge in [-0.3, -0.25) is 0 Å². The van der Waals surface area contributed by atoms with E-state index in [0.717, 1.165) is 25.7 Å². The van der Waals surface area contributed by atoms with Crippen molar-refractivity contribution in [3.8, 4) is 0 Å². The highest BCUT2D eigenvalue weighted by Crippen LogP contribution is 2.12. The standard InChI is InChI=1S/C14H28O4Si.C10H20O4Si/c1-6-8-10-17-19(5,18-11-9-7-2)12-16-14(15)13(3)4;1-6-13-15(5,14-7-2)8-12-10(11)9(3)4/h3,6-12H2,1-2,4-5H3;3,6-8H2,1-2,4-5H3. The minimum absolute atomic E-state index is 0.209. The Labute approximate surface area is 209 Å². The van der Waals surface area contributed by atoms with Crippen molar-refractivity contribution < 1.29 is 36.8 Å². The van der Waals surface area contributed by atoms with Crippen molar-refractivity contribution in [1.29, 1.82) is 0 Å². The molecule has 0 amide bonds. The summed E-state index contributed by atoms with van der Waals surface area (Å²) >= 11 is 0. The smallest absolute Gasteiger partial charge is 0.374 e. The van der Waals surface area contributed by atoms with Gasteiger partial charge in [0.1, 0.15) is 12.5 Å². The largest absolute Gasteiger partial charge is 0.460 e. The average Bonchev–Trinajstić information content (AvgIpc) is 2.77. The van der Waals surface area contributed by atoms with Gasteiger partial charge in [-0.05, 0) is 53.6 Å². The lowest BCUT2D eigenvalue weighted by Gasteiger charge is -2.26. The third-order valence-corrected chi connectivity index (χ3v) is 9.10. The van der Waals surface area contributed by atoms with Crippen molar-refractivity contribution in [2.45, 2.75) is 80.3 Å². The molecule has 0 saturated carbocycles. The summed E-state index contributed by atoms with van der Waals surface area (Å²) in [6.45, 7) is 24.6. The second-order valence-corrected chi connectivity index (χ2v) is 14.5. The van der Waals surface area contributed by atoms with E-state index in [2.05, 4.69) is 27.0 Å². The Balaban J connectivity index is 0. The number of unbranched alkanes of at least 4 members (excludes halogenated alkanes) is 2. The van der Waals surface area contributed by atoms with Gasteiger partial charge in [-0.15, -0.1) is 0 Å². The van der Waals surface area contributed by atoms with E-state index >= 15 is 0 Å². The fourth-order valence-corrected chi connectivity index (χ4v) is 6.03. The van der Waals surface area contributed by atoms with E-state index in [1.807, 2.05) is 26.9 Å². The van der Waals surface area contributed by atoms with Crippen LogP contribution in [0.3, 0.4) is 0 Å². The maximum Gasteiger partial charge on any atom is 0.374 e. The summed E-state index contributed by atoms with van der Waals surface area (Å²) in [5.74, 6) is -0.773. The zero-order valence-electron chi connectivity index (χ0n) is 22.8. The van der Waals surface area contributed by atoms with Gasteiger partial charge in [-0.25, -0.2) is 9.59 Å². The highest BCUT2D eigenvalue weighted by Gasteiger charge is 2.34. The quantitative estimate of drug-likeness (QED) is 0.106. The van der Waals surface area contributed by atoms with Gasteiger partial charge in [0, 0.05) is 37.6 Å². The van der Waals surface area contributed by atoms with Crippen molar-refractivity contribution in [3.05, 3.63) is 24.3 Å². The number of hydrogen-bond acceptors (Lipinski definition) is 8. The fraction of sp³-hybridized carbons (Fsp3) is 0.750. The number of ether oxygens (including phenoxy) is 2. The van der Waals surface area contributed by atoms with Gasteiger partial charge >= 0.3 is 29.1 Å². The Kier molecular flexibility index (Phi) is 20.4. The molecule has 0 saturated heterocycles. The summed E-state index contributed by atoms with van der Waals surface area (Å²) in [7, 11) is -4.76. The van der Waals surface area contributed by atoms with Crippen LogP contribution in [0.4, 0.5) is 0 Å². The van der Waals surface area contributed by atoms with Crippen molar-refractivity contribution in [2.24, 2.45) is 0 Å². The van der Waals surface area contributed by atoms with E-state index in [1.165, 1.54) is 0 Å². The van der Waals surface area contributed by atoms with E-state index in [9.17, 15) is 9.59 Å². The minimum atomic E-state index is -2.42. The Bertz CT molecular complexity index is 594. The maximum atomic E-state index is 11.4. The normalized spacial score (nSPS) is 11.3. The van der Waals surface area contributed by atoms with Gasteiger partial charge in [0.15, 0.2) is 0 Å². The molecule has 0 aromatic rings. The van der Waals surface area contributed by atoms with Gasteiger partial charge in [-0.1, -0.05) is 39.8 Å². The summed E-state index contributed by atoms with van der Waals surface area (Å²) in [6.07, 6.45) is 4.57. The topological polar surface area (TPSA) is 89.5 Å². The number of rotatable bonds is 18. The van der Waals surface area contributed by atoms with Crippen LogP contribution < -0.4 is 0 Å². The summed E-state index contributed by atoms with van der Waals surface area (Å²) in [5.41, 5.74) is 0.790. The molecule has 8 nitrogen and oxygen atoms in total. The predicted octanol–water partition coefficient (Wildman–Crippen LogP) is 5.14. The third kappa shape index (κ3) is 18.1. The first-order chi connectivity index (χ1) is 15.9. The first-order valence-electron chi connectivity index (χ1n) is 12.1. The molecule has 200 valence electrons. The first-order valence-corrected chi connectivity index (χ1v) is 17.2. The minimum Gasteiger partial charge on any atom is -0.460 e. The number of esters is 2. The zero-order chi connectivity index (χ0) is 26.6. The Morgan fingerprint density at radius 1 is 0.647 bits per heavy atom. The van der Waals surface area contributed by atoms with Crippen molar-refractivity contribution in [2.75, 3.05) is 38.9 Å². The van der Waals surface area contributed by atoms with Crippen molar-refractivity contribution in [3.63, 3.8) is 0 Å². The molecule has 0 unspecified atom stereocenters. The van der Waals surface area contributed by atoms with Crippen LogP contribution in [-0.2, 0) is 36.8 Å². The Morgan fingerprint density at radius 3 is 1.24 bits per heavy atom. The fourth-order valence-electron chi connectivity index (χ4n) is 2.37. The lowest BCUT2D eigenvalue weighted by Crippen LogP contribution is -2.45. The van der Waals surface area contributed by atoms with Crippen LogP contribution in [0.1, 0.15) is 67.2 Å². The van der Waals surface area contributed by atoms with Gasteiger partial charge < -0.3 is 27.2 Å². The molecule has 0 N–H and O–H groups in total. The molecule has 0 rings (SSSR count). The van der Waals surface area contributed by atoms with E-state index in [4.69, 9.17) is 27.2 Å². The van der Waals surface area contributed by atoms with E-state index in [1.54, 1.807) is 13.8 Å². The highest BCUT2D eigenvalue weighted by molar-refractivity contribution is 6.66. The lowest BCUT2D eigenvalue weighted by molar-refractivity contribution is -0.138. The molecule has 0 bridgehead atoms. The molecule has 0 aliphatic carbocycles. The molecule has 0 atom stereocenters. The molecule has 0 spiro atoms. The zero-order valence-corrected chi connectivity index (χ0v) is 24.8. The first kappa shape index (κ1) is 34.9. The lowest BCUT2D eigenvalue weighted by atomic mass is 10.4. The summed E-state index contributed by atoms with van der Waals surface area (Å²) < 4.78 is 33.0. The molecule has 0 fully saturated rings. The van der Waals surface area contributed by atoms with E-state index < -0.39 is 23.1 Å². The second-order valence-electron chi connectivity index (χ2n) is 8.25. The van der Waals surface area contributed by atoms with Crippen LogP contribution in [0.25, 0.3) is 0 Å². The molecule has 34 heavy (non-hydrogen) atoms. The Morgan fingerprint density at radius 2 is 0.971 bits per heavy atom. The Hall–Kier alpha value is -1.31. The highest BCUT2D eigenvalue weighted by atomic mass is 28.4.